The van der Waals surface area contributed by atoms with E-state index in [-0.39, 0.29) is 24.3 Å². The third-order valence-electron chi connectivity index (χ3n) is 5.24. The van der Waals surface area contributed by atoms with E-state index in [1.807, 2.05) is 48.5 Å². The number of amides is 2. The lowest BCUT2D eigenvalue weighted by atomic mass is 10.0. The molecule has 170 valence electrons. The number of nitrogens with one attached hydrogen (secondary N) is 2. The van der Waals surface area contributed by atoms with E-state index in [1.54, 1.807) is 24.3 Å². The first-order valence-electron chi connectivity index (χ1n) is 10.6. The van der Waals surface area contributed by atoms with E-state index in [0.717, 1.165) is 21.5 Å². The molecule has 0 unspecified atom stereocenters. The van der Waals surface area contributed by atoms with Crippen LogP contribution in [0.15, 0.2) is 83.0 Å². The zero-order valence-corrected chi connectivity index (χ0v) is 18.1. The second kappa shape index (κ2) is 10.3. The van der Waals surface area contributed by atoms with Gasteiger partial charge in [-0.3, -0.25) is 9.59 Å². The summed E-state index contributed by atoms with van der Waals surface area (Å²) in [5, 5.41) is 31.5. The SMILES string of the molecule is O=C(CCC(=O)N/N=C/c1c(O)ccc2ccccc12)N/N=C/c1c(O)ccc2ccccc12. The van der Waals surface area contributed by atoms with Crippen molar-refractivity contribution in [2.24, 2.45) is 10.2 Å². The molecule has 4 rings (SSSR count). The van der Waals surface area contributed by atoms with Gasteiger partial charge in [0.1, 0.15) is 11.5 Å². The lowest BCUT2D eigenvalue weighted by molar-refractivity contribution is -0.126. The molecule has 0 spiro atoms. The van der Waals surface area contributed by atoms with Crippen LogP contribution < -0.4 is 10.9 Å². The monoisotopic (exact) mass is 454 g/mol. The third kappa shape index (κ3) is 5.18. The van der Waals surface area contributed by atoms with Gasteiger partial charge in [-0.1, -0.05) is 60.7 Å². The number of carbonyl (C=O) groups excluding carboxylic acids is 2. The van der Waals surface area contributed by atoms with Crippen LogP contribution in [0, 0.1) is 0 Å². The largest absolute Gasteiger partial charge is 0.507 e. The number of hydrogen-bond donors (Lipinski definition) is 4. The summed E-state index contributed by atoms with van der Waals surface area (Å²) in [6, 6.07) is 21.7. The first-order valence-corrected chi connectivity index (χ1v) is 10.6. The molecule has 0 aromatic heterocycles. The molecule has 0 fully saturated rings. The first-order chi connectivity index (χ1) is 16.5. The minimum Gasteiger partial charge on any atom is -0.507 e. The van der Waals surface area contributed by atoms with Gasteiger partial charge in [0.05, 0.1) is 12.4 Å². The average Bonchev–Trinajstić information content (AvgIpc) is 2.85. The van der Waals surface area contributed by atoms with Crippen molar-refractivity contribution in [3.63, 3.8) is 0 Å². The topological polar surface area (TPSA) is 123 Å². The van der Waals surface area contributed by atoms with Crippen molar-refractivity contribution in [3.05, 3.63) is 83.9 Å². The van der Waals surface area contributed by atoms with Crippen LogP contribution in [0.1, 0.15) is 24.0 Å². The summed E-state index contributed by atoms with van der Waals surface area (Å²) in [5.74, 6) is -0.819. The summed E-state index contributed by atoms with van der Waals surface area (Å²) in [5.41, 5.74) is 5.69. The fourth-order valence-electron chi connectivity index (χ4n) is 3.52. The Balaban J connectivity index is 1.29. The van der Waals surface area contributed by atoms with Crippen LogP contribution in [0.3, 0.4) is 0 Å². The summed E-state index contributed by atoms with van der Waals surface area (Å²) in [7, 11) is 0. The minimum atomic E-state index is -0.457. The number of fused-ring (bicyclic) bond motifs is 2. The van der Waals surface area contributed by atoms with E-state index in [0.29, 0.717) is 11.1 Å². The number of aromatic hydroxyl groups is 2. The Labute approximate surface area is 195 Å². The summed E-state index contributed by atoms with van der Waals surface area (Å²) < 4.78 is 0. The fourth-order valence-corrected chi connectivity index (χ4v) is 3.52. The summed E-state index contributed by atoms with van der Waals surface area (Å²) in [6.07, 6.45) is 2.55. The first kappa shape index (κ1) is 22.5. The van der Waals surface area contributed by atoms with Crippen LogP contribution in [0.2, 0.25) is 0 Å². The standard InChI is InChI=1S/C26H22N4O4/c31-23-11-9-17-5-1-3-7-19(17)21(23)15-27-29-25(33)13-14-26(34)30-28-16-22-20-8-4-2-6-18(20)10-12-24(22)32/h1-12,15-16,31-32H,13-14H2,(H,29,33)(H,30,34)/b27-15+,28-16+. The molecular formula is C26H22N4O4. The van der Waals surface area contributed by atoms with Gasteiger partial charge in [-0.2, -0.15) is 10.2 Å². The van der Waals surface area contributed by atoms with E-state index in [1.165, 1.54) is 12.4 Å². The maximum atomic E-state index is 12.0. The molecule has 2 amide bonds. The molecule has 0 aliphatic heterocycles. The van der Waals surface area contributed by atoms with E-state index < -0.39 is 11.8 Å². The van der Waals surface area contributed by atoms with Crippen molar-refractivity contribution in [2.45, 2.75) is 12.8 Å². The van der Waals surface area contributed by atoms with E-state index in [4.69, 9.17) is 0 Å². The number of rotatable bonds is 7. The van der Waals surface area contributed by atoms with Crippen molar-refractivity contribution >= 4 is 45.8 Å². The Morgan fingerprint density at radius 1 is 0.647 bits per heavy atom. The van der Waals surface area contributed by atoms with Crippen LogP contribution in [-0.4, -0.2) is 34.5 Å². The molecular weight excluding hydrogens is 432 g/mol. The van der Waals surface area contributed by atoms with Gasteiger partial charge < -0.3 is 10.2 Å². The zero-order valence-electron chi connectivity index (χ0n) is 18.1. The van der Waals surface area contributed by atoms with Crippen LogP contribution in [0.25, 0.3) is 21.5 Å². The summed E-state index contributed by atoms with van der Waals surface area (Å²) >= 11 is 0. The molecule has 0 atom stereocenters. The number of phenolic OH excluding ortho intramolecular Hbond substituents is 2. The molecule has 0 aliphatic carbocycles. The predicted molar refractivity (Wildman–Crippen MR) is 132 cm³/mol. The Hall–Kier alpha value is -4.72. The second-order valence-electron chi connectivity index (χ2n) is 7.53. The predicted octanol–water partition coefficient (Wildman–Crippen LogP) is 3.78. The molecule has 4 aromatic rings. The molecule has 0 aliphatic rings. The van der Waals surface area contributed by atoms with Crippen LogP contribution in [0.4, 0.5) is 0 Å². The summed E-state index contributed by atoms with van der Waals surface area (Å²) in [4.78, 5) is 24.1. The van der Waals surface area contributed by atoms with Gasteiger partial charge in [-0.05, 0) is 33.7 Å². The van der Waals surface area contributed by atoms with Crippen molar-refractivity contribution in [3.8, 4) is 11.5 Å². The Morgan fingerprint density at radius 2 is 1.06 bits per heavy atom. The van der Waals surface area contributed by atoms with Crippen LogP contribution >= 0.6 is 0 Å². The normalized spacial score (nSPS) is 11.4. The van der Waals surface area contributed by atoms with Gasteiger partial charge >= 0.3 is 0 Å². The Kier molecular flexibility index (Phi) is 6.78. The molecule has 8 heteroatoms. The number of hydrazone groups is 2. The molecule has 0 heterocycles. The highest BCUT2D eigenvalue weighted by atomic mass is 16.3. The molecule has 4 N–H and O–H groups in total. The van der Waals surface area contributed by atoms with Gasteiger partial charge in [0.2, 0.25) is 11.8 Å². The summed E-state index contributed by atoms with van der Waals surface area (Å²) in [6.45, 7) is 0. The molecule has 0 bridgehead atoms. The van der Waals surface area contributed by atoms with Gasteiger partial charge in [0.25, 0.3) is 0 Å². The molecule has 0 saturated heterocycles. The number of nitrogens with zero attached hydrogens (tertiary/aromatic N) is 2. The molecule has 0 radical (unpaired) electrons. The number of benzene rings is 4. The fraction of sp³-hybridized carbons (Fsp3) is 0.0769. The highest BCUT2D eigenvalue weighted by Crippen LogP contribution is 2.26. The maximum absolute atomic E-state index is 12.0. The molecule has 0 saturated carbocycles. The van der Waals surface area contributed by atoms with Gasteiger partial charge in [-0.15, -0.1) is 0 Å². The quantitative estimate of drug-likeness (QED) is 0.251. The van der Waals surface area contributed by atoms with E-state index in [2.05, 4.69) is 21.1 Å². The molecule has 4 aromatic carbocycles. The third-order valence-corrected chi connectivity index (χ3v) is 5.24. The molecule has 8 nitrogen and oxygen atoms in total. The van der Waals surface area contributed by atoms with Gasteiger partial charge in [0.15, 0.2) is 0 Å². The van der Waals surface area contributed by atoms with Crippen molar-refractivity contribution < 1.29 is 19.8 Å². The maximum Gasteiger partial charge on any atom is 0.240 e. The zero-order chi connectivity index (χ0) is 23.9. The average molecular weight is 454 g/mol. The van der Waals surface area contributed by atoms with Gasteiger partial charge in [-0.25, -0.2) is 10.9 Å². The minimum absolute atomic E-state index is 0.0474. The van der Waals surface area contributed by atoms with Crippen molar-refractivity contribution in [2.75, 3.05) is 0 Å². The Morgan fingerprint density at radius 3 is 1.50 bits per heavy atom. The smallest absolute Gasteiger partial charge is 0.240 e. The highest BCUT2D eigenvalue weighted by molar-refractivity contribution is 6.03. The molecule has 34 heavy (non-hydrogen) atoms. The number of phenols is 2. The lowest BCUT2D eigenvalue weighted by Crippen LogP contribution is -2.22. The van der Waals surface area contributed by atoms with Gasteiger partial charge in [0, 0.05) is 24.0 Å². The van der Waals surface area contributed by atoms with E-state index >= 15 is 0 Å². The van der Waals surface area contributed by atoms with E-state index in [9.17, 15) is 19.8 Å². The van der Waals surface area contributed by atoms with Crippen LogP contribution in [0.5, 0.6) is 11.5 Å². The second-order valence-corrected chi connectivity index (χ2v) is 7.53. The van der Waals surface area contributed by atoms with Crippen molar-refractivity contribution in [1.82, 2.24) is 10.9 Å². The van der Waals surface area contributed by atoms with Crippen LogP contribution in [-0.2, 0) is 9.59 Å². The lowest BCUT2D eigenvalue weighted by Gasteiger charge is -2.05. The number of carbonyl (C=O) groups is 2. The highest BCUT2D eigenvalue weighted by Gasteiger charge is 2.08. The Bertz CT molecular complexity index is 1320. The number of hydrogen-bond acceptors (Lipinski definition) is 6. The van der Waals surface area contributed by atoms with Crippen molar-refractivity contribution in [1.29, 1.82) is 0 Å².